The first kappa shape index (κ1) is 14.7. The lowest BCUT2D eigenvalue weighted by atomic mass is 10.1. The van der Waals surface area contributed by atoms with Crippen LogP contribution in [0.5, 0.6) is 5.75 Å². The van der Waals surface area contributed by atoms with E-state index in [1.54, 1.807) is 0 Å². The van der Waals surface area contributed by atoms with Crippen LogP contribution in [0, 0.1) is 10.1 Å². The maximum absolute atomic E-state index is 11.1. The Labute approximate surface area is 132 Å². The minimum absolute atomic E-state index is 0.135. The Balaban J connectivity index is 1.88. The first-order valence-corrected chi connectivity index (χ1v) is 7.02. The molecular weight excluding hydrogens is 294 g/mol. The molecule has 114 valence electrons. The number of nitro groups is 1. The molecule has 0 fully saturated rings. The molecule has 0 radical (unpaired) electrons. The van der Waals surface area contributed by atoms with Gasteiger partial charge in [-0.05, 0) is 22.4 Å². The highest BCUT2D eigenvalue weighted by molar-refractivity contribution is 5.85. The molecule has 5 heteroatoms. The van der Waals surface area contributed by atoms with Gasteiger partial charge in [0.25, 0.3) is 5.69 Å². The predicted molar refractivity (Wildman–Crippen MR) is 86.8 cm³/mol. The van der Waals surface area contributed by atoms with Crippen LogP contribution in [0.3, 0.4) is 0 Å². The quantitative estimate of drug-likeness (QED) is 0.403. The van der Waals surface area contributed by atoms with Crippen LogP contribution in [0.25, 0.3) is 10.8 Å². The maximum atomic E-state index is 11.1. The lowest BCUT2D eigenvalue weighted by molar-refractivity contribution is -0.384. The number of ether oxygens (including phenoxy) is 1. The highest BCUT2D eigenvalue weighted by atomic mass is 16.6. The number of nitrogens with zero attached hydrogens (tertiary/aromatic N) is 1. The van der Waals surface area contributed by atoms with Crippen LogP contribution in [0.2, 0.25) is 0 Å². The summed E-state index contributed by atoms with van der Waals surface area (Å²) in [5, 5.41) is 12.9. The molecule has 0 spiro atoms. The van der Waals surface area contributed by atoms with Crippen LogP contribution < -0.4 is 4.74 Å². The van der Waals surface area contributed by atoms with Crippen LogP contribution in [-0.4, -0.2) is 11.2 Å². The Morgan fingerprint density at radius 3 is 2.61 bits per heavy atom. The number of non-ortho nitro benzene ring substituents is 1. The van der Waals surface area contributed by atoms with Crippen LogP contribution >= 0.6 is 0 Å². The first-order valence-electron chi connectivity index (χ1n) is 7.02. The van der Waals surface area contributed by atoms with Gasteiger partial charge in [-0.2, -0.15) is 0 Å². The van der Waals surface area contributed by atoms with Crippen LogP contribution in [-0.2, 0) is 6.61 Å². The summed E-state index contributed by atoms with van der Waals surface area (Å²) >= 11 is 0. The van der Waals surface area contributed by atoms with E-state index in [9.17, 15) is 14.9 Å². The molecule has 5 nitrogen and oxygen atoms in total. The third-order valence-electron chi connectivity index (χ3n) is 3.59. The van der Waals surface area contributed by atoms with Gasteiger partial charge < -0.3 is 4.74 Å². The number of nitro benzene ring substituents is 1. The van der Waals surface area contributed by atoms with E-state index in [-0.39, 0.29) is 17.9 Å². The summed E-state index contributed by atoms with van der Waals surface area (Å²) in [5.41, 5.74) is 1.02. The van der Waals surface area contributed by atoms with Crippen molar-refractivity contribution in [1.29, 1.82) is 0 Å². The highest BCUT2D eigenvalue weighted by Crippen LogP contribution is 2.25. The second kappa shape index (κ2) is 6.27. The molecule has 3 aromatic rings. The summed E-state index contributed by atoms with van der Waals surface area (Å²) in [6.45, 7) is 0.278. The van der Waals surface area contributed by atoms with E-state index in [1.807, 2.05) is 42.5 Å². The van der Waals surface area contributed by atoms with Gasteiger partial charge in [0.1, 0.15) is 12.4 Å². The molecule has 0 unspecified atom stereocenters. The van der Waals surface area contributed by atoms with Gasteiger partial charge in [0.2, 0.25) is 0 Å². The molecule has 0 aromatic heterocycles. The fourth-order valence-corrected chi connectivity index (χ4v) is 2.45. The lowest BCUT2D eigenvalue weighted by Crippen LogP contribution is -2.00. The van der Waals surface area contributed by atoms with Crippen LogP contribution in [0.15, 0.2) is 60.7 Å². The lowest BCUT2D eigenvalue weighted by Gasteiger charge is -2.10. The summed E-state index contributed by atoms with van der Waals surface area (Å²) in [4.78, 5) is 21.3. The highest BCUT2D eigenvalue weighted by Gasteiger charge is 2.11. The molecule has 0 saturated heterocycles. The SMILES string of the molecule is O=Cc1cc([N+](=O)[O-])ccc1OCc1cccc2ccccc12. The van der Waals surface area contributed by atoms with Crippen LogP contribution in [0.4, 0.5) is 5.69 Å². The largest absolute Gasteiger partial charge is 0.488 e. The maximum Gasteiger partial charge on any atom is 0.270 e. The summed E-state index contributed by atoms with van der Waals surface area (Å²) < 4.78 is 5.70. The summed E-state index contributed by atoms with van der Waals surface area (Å²) in [7, 11) is 0. The third-order valence-corrected chi connectivity index (χ3v) is 3.59. The van der Waals surface area contributed by atoms with Gasteiger partial charge in [-0.15, -0.1) is 0 Å². The van der Waals surface area contributed by atoms with Gasteiger partial charge in [-0.25, -0.2) is 0 Å². The topological polar surface area (TPSA) is 69.4 Å². The third kappa shape index (κ3) is 3.03. The average Bonchev–Trinajstić information content (AvgIpc) is 2.59. The fourth-order valence-electron chi connectivity index (χ4n) is 2.45. The molecule has 23 heavy (non-hydrogen) atoms. The van der Waals surface area contributed by atoms with E-state index in [0.29, 0.717) is 12.0 Å². The summed E-state index contributed by atoms with van der Waals surface area (Å²) in [6.07, 6.45) is 0.561. The molecule has 0 N–H and O–H groups in total. The van der Waals surface area contributed by atoms with Gasteiger partial charge in [0.05, 0.1) is 10.5 Å². The van der Waals surface area contributed by atoms with Crippen molar-refractivity contribution in [2.45, 2.75) is 6.61 Å². The standard InChI is InChI=1S/C18H13NO4/c20-11-15-10-16(19(21)22)8-9-18(15)23-12-14-6-3-5-13-4-1-2-7-17(13)14/h1-11H,12H2. The molecule has 0 aliphatic rings. The van der Waals surface area contributed by atoms with E-state index < -0.39 is 4.92 Å². The number of hydrogen-bond donors (Lipinski definition) is 0. The Bertz CT molecular complexity index is 884. The Morgan fingerprint density at radius 1 is 1.04 bits per heavy atom. The zero-order chi connectivity index (χ0) is 16.2. The smallest absolute Gasteiger partial charge is 0.270 e. The number of fused-ring (bicyclic) bond motifs is 1. The molecule has 0 heterocycles. The molecule has 0 atom stereocenters. The Hall–Kier alpha value is -3.21. The van der Waals surface area contributed by atoms with Gasteiger partial charge in [-0.1, -0.05) is 42.5 Å². The van der Waals surface area contributed by atoms with Crippen molar-refractivity contribution in [2.75, 3.05) is 0 Å². The van der Waals surface area contributed by atoms with E-state index >= 15 is 0 Å². The molecule has 0 bridgehead atoms. The number of aldehydes is 1. The number of carbonyl (C=O) groups is 1. The van der Waals surface area contributed by atoms with Gasteiger partial charge in [-0.3, -0.25) is 14.9 Å². The second-order valence-electron chi connectivity index (χ2n) is 5.02. The molecular formula is C18H13NO4. The number of carbonyl (C=O) groups excluding carboxylic acids is 1. The minimum atomic E-state index is -0.540. The molecule has 3 rings (SSSR count). The van der Waals surface area contributed by atoms with Crippen molar-refractivity contribution in [2.24, 2.45) is 0 Å². The molecule has 0 amide bonds. The minimum Gasteiger partial charge on any atom is -0.488 e. The van der Waals surface area contributed by atoms with Gasteiger partial charge >= 0.3 is 0 Å². The van der Waals surface area contributed by atoms with E-state index in [0.717, 1.165) is 16.3 Å². The van der Waals surface area contributed by atoms with Crippen molar-refractivity contribution < 1.29 is 14.5 Å². The Morgan fingerprint density at radius 2 is 1.83 bits per heavy atom. The monoisotopic (exact) mass is 307 g/mol. The van der Waals surface area contributed by atoms with Gasteiger partial charge in [0, 0.05) is 12.1 Å². The van der Waals surface area contributed by atoms with Crippen molar-refractivity contribution in [3.8, 4) is 5.75 Å². The summed E-state index contributed by atoms with van der Waals surface area (Å²) in [6, 6.07) is 17.8. The fraction of sp³-hybridized carbons (Fsp3) is 0.0556. The molecule has 3 aromatic carbocycles. The van der Waals surface area contributed by atoms with Crippen molar-refractivity contribution in [3.05, 3.63) is 81.9 Å². The molecule has 0 saturated carbocycles. The number of rotatable bonds is 5. The van der Waals surface area contributed by atoms with Crippen molar-refractivity contribution in [1.82, 2.24) is 0 Å². The normalized spacial score (nSPS) is 10.4. The van der Waals surface area contributed by atoms with Gasteiger partial charge in [0.15, 0.2) is 6.29 Å². The second-order valence-corrected chi connectivity index (χ2v) is 5.02. The van der Waals surface area contributed by atoms with E-state index in [2.05, 4.69) is 0 Å². The Kier molecular flexibility index (Phi) is 4.01. The molecule has 0 aliphatic carbocycles. The first-order chi connectivity index (χ1) is 11.2. The van der Waals surface area contributed by atoms with Crippen molar-refractivity contribution >= 4 is 22.7 Å². The van der Waals surface area contributed by atoms with E-state index in [4.69, 9.17) is 4.74 Å². The van der Waals surface area contributed by atoms with Crippen LogP contribution in [0.1, 0.15) is 15.9 Å². The number of benzene rings is 3. The zero-order valence-electron chi connectivity index (χ0n) is 12.1. The predicted octanol–water partition coefficient (Wildman–Crippen LogP) is 4.14. The molecule has 0 aliphatic heterocycles. The van der Waals surface area contributed by atoms with Crippen molar-refractivity contribution in [3.63, 3.8) is 0 Å². The average molecular weight is 307 g/mol. The zero-order valence-corrected chi connectivity index (χ0v) is 12.1. The number of hydrogen-bond acceptors (Lipinski definition) is 4. The van der Waals surface area contributed by atoms with E-state index in [1.165, 1.54) is 18.2 Å². The summed E-state index contributed by atoms with van der Waals surface area (Å²) in [5.74, 6) is 0.332.